The van der Waals surface area contributed by atoms with Crippen molar-refractivity contribution in [3.8, 4) is 5.75 Å². The molecule has 1 heterocycles. The molecule has 0 bridgehead atoms. The molecule has 1 aromatic carbocycles. The number of nitrogens with zero attached hydrogens (tertiary/aromatic N) is 2. The summed E-state index contributed by atoms with van der Waals surface area (Å²) in [5.74, 6) is 1.23. The van der Waals surface area contributed by atoms with Gasteiger partial charge in [-0.1, -0.05) is 12.1 Å². The van der Waals surface area contributed by atoms with Gasteiger partial charge in [0, 0.05) is 44.7 Å². The summed E-state index contributed by atoms with van der Waals surface area (Å²) in [6.07, 6.45) is -3.64. The Bertz CT molecular complexity index is 809. The molecule has 0 radical (unpaired) electrons. The number of alkyl halides is 3. The number of aryl methyl sites for hydroxylation is 1. The Balaban J connectivity index is 1.91. The van der Waals surface area contributed by atoms with Crippen molar-refractivity contribution in [2.45, 2.75) is 32.6 Å². The highest BCUT2D eigenvalue weighted by molar-refractivity contribution is 7.09. The predicted molar refractivity (Wildman–Crippen MR) is 107 cm³/mol. The van der Waals surface area contributed by atoms with E-state index >= 15 is 0 Å². The van der Waals surface area contributed by atoms with Crippen LogP contribution in [0.15, 0.2) is 28.6 Å². The Hall–Kier alpha value is -2.33. The van der Waals surface area contributed by atoms with Crippen LogP contribution in [0.2, 0.25) is 0 Å². The van der Waals surface area contributed by atoms with E-state index in [0.29, 0.717) is 30.7 Å². The second-order valence-corrected chi connectivity index (χ2v) is 7.15. The van der Waals surface area contributed by atoms with Gasteiger partial charge in [-0.2, -0.15) is 13.2 Å². The lowest BCUT2D eigenvalue weighted by atomic mass is 10.1. The van der Waals surface area contributed by atoms with Crippen molar-refractivity contribution < 1.29 is 22.6 Å². The van der Waals surface area contributed by atoms with Crippen LogP contribution in [0.5, 0.6) is 5.75 Å². The van der Waals surface area contributed by atoms with E-state index in [1.165, 1.54) is 0 Å². The zero-order valence-corrected chi connectivity index (χ0v) is 17.4. The highest BCUT2D eigenvalue weighted by Crippen LogP contribution is 2.29. The van der Waals surface area contributed by atoms with E-state index in [9.17, 15) is 13.2 Å². The van der Waals surface area contributed by atoms with Crippen molar-refractivity contribution >= 4 is 17.3 Å². The fourth-order valence-electron chi connectivity index (χ4n) is 2.41. The number of aromatic nitrogens is 1. The number of nitrogens with one attached hydrogen (secondary N) is 2. The van der Waals surface area contributed by atoms with Crippen molar-refractivity contribution in [2.75, 3.05) is 27.4 Å². The quantitative estimate of drug-likeness (QED) is 0.360. The molecular weight excluding hydrogens is 405 g/mol. The molecule has 0 spiro atoms. The normalized spacial score (nSPS) is 12.1. The van der Waals surface area contributed by atoms with Crippen LogP contribution in [0.25, 0.3) is 0 Å². The number of methoxy groups -OCH3 is 1. The van der Waals surface area contributed by atoms with E-state index in [4.69, 9.17) is 9.47 Å². The lowest BCUT2D eigenvalue weighted by Gasteiger charge is -2.15. The van der Waals surface area contributed by atoms with Crippen molar-refractivity contribution in [3.63, 3.8) is 0 Å². The Morgan fingerprint density at radius 1 is 1.21 bits per heavy atom. The molecule has 0 saturated heterocycles. The van der Waals surface area contributed by atoms with Crippen LogP contribution in [0.1, 0.15) is 28.2 Å². The molecule has 29 heavy (non-hydrogen) atoms. The first-order chi connectivity index (χ1) is 13.8. The maximum Gasteiger partial charge on any atom is 0.434 e. The Morgan fingerprint density at radius 2 is 1.97 bits per heavy atom. The van der Waals surface area contributed by atoms with Crippen LogP contribution in [0, 0.1) is 6.92 Å². The van der Waals surface area contributed by atoms with Crippen LogP contribution >= 0.6 is 11.3 Å². The van der Waals surface area contributed by atoms with E-state index in [2.05, 4.69) is 20.6 Å². The Morgan fingerprint density at radius 3 is 2.62 bits per heavy atom. The number of rotatable bonds is 9. The van der Waals surface area contributed by atoms with Crippen LogP contribution in [-0.2, 0) is 24.0 Å². The summed E-state index contributed by atoms with van der Waals surface area (Å²) in [7, 11) is 3.24. The first kappa shape index (κ1) is 23.0. The first-order valence-electron chi connectivity index (χ1n) is 9.01. The van der Waals surface area contributed by atoms with Crippen molar-refractivity contribution in [1.82, 2.24) is 15.6 Å². The summed E-state index contributed by atoms with van der Waals surface area (Å²) >= 11 is 0.954. The number of aliphatic imine (C=N–C) groups is 1. The number of halogens is 3. The Kier molecular flexibility index (Phi) is 8.71. The number of guanidine groups is 1. The maximum absolute atomic E-state index is 12.6. The van der Waals surface area contributed by atoms with E-state index in [1.54, 1.807) is 14.2 Å². The molecule has 0 aliphatic heterocycles. The molecule has 0 fully saturated rings. The number of thiazole rings is 1. The monoisotopic (exact) mass is 430 g/mol. The summed E-state index contributed by atoms with van der Waals surface area (Å²) in [6, 6.07) is 5.93. The molecule has 2 aromatic rings. The fourth-order valence-corrected chi connectivity index (χ4v) is 3.15. The molecule has 160 valence electrons. The molecule has 2 rings (SSSR count). The second kappa shape index (κ2) is 11.0. The molecule has 0 saturated carbocycles. The summed E-state index contributed by atoms with van der Waals surface area (Å²) < 4.78 is 48.8. The lowest BCUT2D eigenvalue weighted by Crippen LogP contribution is -2.36. The van der Waals surface area contributed by atoms with Crippen LogP contribution in [-0.4, -0.2) is 38.3 Å². The van der Waals surface area contributed by atoms with Crippen LogP contribution < -0.4 is 15.4 Å². The van der Waals surface area contributed by atoms with Crippen molar-refractivity contribution in [3.05, 3.63) is 45.4 Å². The second-order valence-electron chi connectivity index (χ2n) is 6.21. The third-order valence-corrected chi connectivity index (χ3v) is 4.74. The molecule has 0 unspecified atom stereocenters. The zero-order chi connectivity index (χ0) is 21.3. The van der Waals surface area contributed by atoms with Crippen LogP contribution in [0.4, 0.5) is 13.2 Å². The Labute approximate surface area is 172 Å². The van der Waals surface area contributed by atoms with Gasteiger partial charge in [0.2, 0.25) is 0 Å². The molecule has 2 N–H and O–H groups in total. The summed E-state index contributed by atoms with van der Waals surface area (Å²) in [4.78, 5) is 7.70. The topological polar surface area (TPSA) is 67.8 Å². The molecule has 10 heteroatoms. The number of hydrogen-bond acceptors (Lipinski definition) is 5. The van der Waals surface area contributed by atoms with Gasteiger partial charge >= 0.3 is 6.18 Å². The minimum atomic E-state index is -4.43. The standard InChI is InChI=1S/C19H25F3N4O2S/c1-13-5-6-14(15(9-13)28-8-4-7-27-3)10-24-18(23-2)25-11-17-26-16(12-29-17)19(20,21)22/h5-6,9,12H,4,7-8,10-11H2,1-3H3,(H2,23,24,25). The van der Waals surface area contributed by atoms with Gasteiger partial charge < -0.3 is 20.1 Å². The van der Waals surface area contributed by atoms with Crippen molar-refractivity contribution in [1.29, 1.82) is 0 Å². The molecular formula is C19H25F3N4O2S. The van der Waals surface area contributed by atoms with E-state index in [-0.39, 0.29) is 6.54 Å². The minimum absolute atomic E-state index is 0.148. The molecule has 0 aliphatic carbocycles. The summed E-state index contributed by atoms with van der Waals surface area (Å²) in [5, 5.41) is 7.45. The SMILES string of the molecule is CN=C(NCc1nc(C(F)(F)F)cs1)NCc1ccc(C)cc1OCCCOC. The summed E-state index contributed by atoms with van der Waals surface area (Å²) in [5.41, 5.74) is 1.16. The lowest BCUT2D eigenvalue weighted by molar-refractivity contribution is -0.140. The molecule has 0 aliphatic rings. The fraction of sp³-hybridized carbons (Fsp3) is 0.474. The van der Waals surface area contributed by atoms with Gasteiger partial charge in [0.05, 0.1) is 13.2 Å². The van der Waals surface area contributed by atoms with Gasteiger partial charge in [0.15, 0.2) is 11.7 Å². The van der Waals surface area contributed by atoms with E-state index < -0.39 is 11.9 Å². The van der Waals surface area contributed by atoms with Gasteiger partial charge in [-0.15, -0.1) is 11.3 Å². The highest BCUT2D eigenvalue weighted by Gasteiger charge is 2.33. The van der Waals surface area contributed by atoms with Gasteiger partial charge in [0.25, 0.3) is 0 Å². The molecule has 0 atom stereocenters. The van der Waals surface area contributed by atoms with Gasteiger partial charge in [-0.25, -0.2) is 4.98 Å². The van der Waals surface area contributed by atoms with Gasteiger partial charge in [-0.05, 0) is 18.6 Å². The van der Waals surface area contributed by atoms with E-state index in [0.717, 1.165) is 40.0 Å². The number of ether oxygens (including phenoxy) is 2. The van der Waals surface area contributed by atoms with E-state index in [1.807, 2.05) is 25.1 Å². The number of hydrogen-bond donors (Lipinski definition) is 2. The summed E-state index contributed by atoms with van der Waals surface area (Å²) in [6.45, 7) is 3.76. The highest BCUT2D eigenvalue weighted by atomic mass is 32.1. The average molecular weight is 430 g/mol. The largest absolute Gasteiger partial charge is 0.493 e. The van der Waals surface area contributed by atoms with Crippen LogP contribution in [0.3, 0.4) is 0 Å². The smallest absolute Gasteiger partial charge is 0.434 e. The number of benzene rings is 1. The molecule has 0 amide bonds. The predicted octanol–water partition coefficient (Wildman–Crippen LogP) is 3.75. The van der Waals surface area contributed by atoms with Crippen molar-refractivity contribution in [2.24, 2.45) is 4.99 Å². The molecule has 1 aromatic heterocycles. The third-order valence-electron chi connectivity index (χ3n) is 3.89. The maximum atomic E-state index is 12.6. The third kappa shape index (κ3) is 7.54. The molecule has 6 nitrogen and oxygen atoms in total. The zero-order valence-electron chi connectivity index (χ0n) is 16.6. The van der Waals surface area contributed by atoms with Gasteiger partial charge in [-0.3, -0.25) is 4.99 Å². The average Bonchev–Trinajstić information content (AvgIpc) is 3.16. The van der Waals surface area contributed by atoms with Gasteiger partial charge in [0.1, 0.15) is 10.8 Å². The first-order valence-corrected chi connectivity index (χ1v) is 9.89. The minimum Gasteiger partial charge on any atom is -0.493 e.